The van der Waals surface area contributed by atoms with Gasteiger partial charge in [0, 0.05) is 51.2 Å². The van der Waals surface area contributed by atoms with E-state index in [-0.39, 0.29) is 30.0 Å². The molecule has 0 radical (unpaired) electrons. The van der Waals surface area contributed by atoms with Crippen molar-refractivity contribution in [3.05, 3.63) is 46.8 Å². The lowest BCUT2D eigenvalue weighted by Crippen LogP contribution is -2.45. The number of aromatic nitrogens is 2. The zero-order valence-electron chi connectivity index (χ0n) is 18.9. The third kappa shape index (κ3) is 6.90. The van der Waals surface area contributed by atoms with Gasteiger partial charge >= 0.3 is 0 Å². The number of aryl methyl sites for hydroxylation is 3. The summed E-state index contributed by atoms with van der Waals surface area (Å²) >= 11 is 0. The highest BCUT2D eigenvalue weighted by molar-refractivity contribution is 14.0. The van der Waals surface area contributed by atoms with Crippen LogP contribution in [0.5, 0.6) is 0 Å². The normalized spacial score (nSPS) is 12.3. The molecule has 162 valence electrons. The van der Waals surface area contributed by atoms with Gasteiger partial charge in [0.05, 0.1) is 5.69 Å². The molecule has 29 heavy (non-hydrogen) atoms. The Morgan fingerprint density at radius 3 is 2.48 bits per heavy atom. The Bertz CT molecular complexity index is 799. The molecule has 1 aromatic heterocycles. The van der Waals surface area contributed by atoms with Crippen molar-refractivity contribution in [1.82, 2.24) is 20.4 Å². The summed E-state index contributed by atoms with van der Waals surface area (Å²) in [5.41, 5.74) is 6.25. The van der Waals surface area contributed by atoms with Crippen LogP contribution in [-0.2, 0) is 13.5 Å². The van der Waals surface area contributed by atoms with Crippen LogP contribution < -0.4 is 15.5 Å². The lowest BCUT2D eigenvalue weighted by atomic mass is 10.1. The number of rotatable bonds is 8. The molecule has 1 unspecified atom stereocenters. The highest BCUT2D eigenvalue weighted by atomic mass is 127. The molecule has 0 bridgehead atoms. The summed E-state index contributed by atoms with van der Waals surface area (Å²) in [6, 6.07) is 8.81. The van der Waals surface area contributed by atoms with Gasteiger partial charge in [-0.05, 0) is 58.2 Å². The van der Waals surface area contributed by atoms with Gasteiger partial charge in [0.25, 0.3) is 0 Å². The van der Waals surface area contributed by atoms with E-state index >= 15 is 0 Å². The smallest absolute Gasteiger partial charge is 0.191 e. The second-order valence-electron chi connectivity index (χ2n) is 7.39. The van der Waals surface area contributed by atoms with Gasteiger partial charge in [-0.3, -0.25) is 9.67 Å². The number of hydrogen-bond donors (Lipinski definition) is 2. The average Bonchev–Trinajstić information content (AvgIpc) is 2.91. The number of likely N-dealkylation sites (N-methyl/N-ethyl adjacent to an activating group) is 1. The molecule has 0 spiro atoms. The van der Waals surface area contributed by atoms with Crippen molar-refractivity contribution in [2.24, 2.45) is 12.0 Å². The molecule has 6 nitrogen and oxygen atoms in total. The van der Waals surface area contributed by atoms with E-state index in [9.17, 15) is 0 Å². The van der Waals surface area contributed by atoms with Gasteiger partial charge in [0.2, 0.25) is 0 Å². The molecule has 0 amide bonds. The minimum absolute atomic E-state index is 0. The van der Waals surface area contributed by atoms with Gasteiger partial charge < -0.3 is 15.5 Å². The molecule has 2 rings (SSSR count). The fraction of sp³-hybridized carbons (Fsp3) is 0.545. The second kappa shape index (κ2) is 12.0. The summed E-state index contributed by atoms with van der Waals surface area (Å²) in [5.74, 6) is 0.840. The molecule has 0 aliphatic rings. The Morgan fingerprint density at radius 1 is 1.24 bits per heavy atom. The Hall–Kier alpha value is -1.77. The Kier molecular flexibility index (Phi) is 10.5. The topological polar surface area (TPSA) is 57.5 Å². The van der Waals surface area contributed by atoms with Gasteiger partial charge in [0.1, 0.15) is 0 Å². The first-order valence-electron chi connectivity index (χ1n) is 10.1. The van der Waals surface area contributed by atoms with Crippen molar-refractivity contribution >= 4 is 35.6 Å². The van der Waals surface area contributed by atoms with Gasteiger partial charge in [-0.15, -0.1) is 24.0 Å². The molecule has 2 N–H and O–H groups in total. The molecule has 0 saturated heterocycles. The summed E-state index contributed by atoms with van der Waals surface area (Å²) in [5, 5.41) is 11.5. The maximum absolute atomic E-state index is 4.51. The minimum Gasteiger partial charge on any atom is -0.370 e. The first-order valence-corrected chi connectivity index (χ1v) is 10.1. The molecular weight excluding hydrogens is 475 g/mol. The summed E-state index contributed by atoms with van der Waals surface area (Å²) in [6.07, 6.45) is 0.927. The molecule has 2 aromatic rings. The first kappa shape index (κ1) is 25.3. The predicted molar refractivity (Wildman–Crippen MR) is 135 cm³/mol. The predicted octanol–water partition coefficient (Wildman–Crippen LogP) is 3.59. The van der Waals surface area contributed by atoms with Crippen LogP contribution in [0.4, 0.5) is 5.69 Å². The summed E-state index contributed by atoms with van der Waals surface area (Å²) in [4.78, 5) is 6.78. The highest BCUT2D eigenvalue weighted by Gasteiger charge is 2.14. The van der Waals surface area contributed by atoms with Crippen LogP contribution in [0.25, 0.3) is 0 Å². The SMILES string of the molecule is CCN(CCNC(=NC)NC(C)Cc1c(C)nn(C)c1C)c1ccccc1C.I. The zero-order valence-corrected chi connectivity index (χ0v) is 21.2. The van der Waals surface area contributed by atoms with Crippen LogP contribution in [0.15, 0.2) is 29.3 Å². The van der Waals surface area contributed by atoms with Crippen LogP contribution in [0.3, 0.4) is 0 Å². The van der Waals surface area contributed by atoms with Crippen molar-refractivity contribution < 1.29 is 0 Å². The standard InChI is InChI=1S/C22H36N6.HI/c1-8-28(21-12-10-9-11-16(21)2)14-13-24-22(23-6)25-17(3)15-20-18(4)26-27(7)19(20)5;/h9-12,17H,8,13-15H2,1-7H3,(H2,23,24,25);1H. The Morgan fingerprint density at radius 2 is 1.93 bits per heavy atom. The molecule has 1 heterocycles. The van der Waals surface area contributed by atoms with Crippen LogP contribution >= 0.6 is 24.0 Å². The fourth-order valence-electron chi connectivity index (χ4n) is 3.57. The number of nitrogens with one attached hydrogen (secondary N) is 2. The monoisotopic (exact) mass is 512 g/mol. The van der Waals surface area contributed by atoms with Gasteiger partial charge in [0.15, 0.2) is 5.96 Å². The number of benzene rings is 1. The summed E-state index contributed by atoms with van der Waals surface area (Å²) < 4.78 is 1.95. The number of aliphatic imine (C=N–C) groups is 1. The van der Waals surface area contributed by atoms with Crippen LogP contribution in [0, 0.1) is 20.8 Å². The number of para-hydroxylation sites is 1. The second-order valence-corrected chi connectivity index (χ2v) is 7.39. The highest BCUT2D eigenvalue weighted by Crippen LogP contribution is 2.18. The van der Waals surface area contributed by atoms with Crippen LogP contribution in [0.1, 0.15) is 36.4 Å². The molecule has 0 aliphatic heterocycles. The number of halogens is 1. The third-order valence-electron chi connectivity index (χ3n) is 5.29. The number of nitrogens with zero attached hydrogens (tertiary/aromatic N) is 4. The van der Waals surface area contributed by atoms with Gasteiger partial charge in [-0.2, -0.15) is 5.10 Å². The molecule has 0 aliphatic carbocycles. The van der Waals surface area contributed by atoms with E-state index in [1.165, 1.54) is 22.5 Å². The molecule has 1 aromatic carbocycles. The Labute approximate surface area is 193 Å². The van der Waals surface area contributed by atoms with E-state index in [0.29, 0.717) is 0 Å². The van der Waals surface area contributed by atoms with Crippen molar-refractivity contribution in [1.29, 1.82) is 0 Å². The summed E-state index contributed by atoms with van der Waals surface area (Å²) in [6.45, 7) is 13.5. The maximum Gasteiger partial charge on any atom is 0.191 e. The number of guanidine groups is 1. The van der Waals surface area contributed by atoms with Gasteiger partial charge in [-0.25, -0.2) is 0 Å². The van der Waals surface area contributed by atoms with E-state index in [1.54, 1.807) is 0 Å². The van der Waals surface area contributed by atoms with E-state index in [0.717, 1.165) is 37.7 Å². The lowest BCUT2D eigenvalue weighted by molar-refractivity contribution is 0.633. The van der Waals surface area contributed by atoms with E-state index < -0.39 is 0 Å². The van der Waals surface area contributed by atoms with E-state index in [2.05, 4.69) is 84.5 Å². The molecule has 7 heteroatoms. The first-order chi connectivity index (χ1) is 13.4. The fourth-order valence-corrected chi connectivity index (χ4v) is 3.57. The van der Waals surface area contributed by atoms with Crippen LogP contribution in [-0.4, -0.2) is 48.5 Å². The largest absolute Gasteiger partial charge is 0.370 e. The molecule has 0 fully saturated rings. The van der Waals surface area contributed by atoms with Crippen molar-refractivity contribution in [2.75, 3.05) is 31.6 Å². The average molecular weight is 512 g/mol. The van der Waals surface area contributed by atoms with E-state index in [4.69, 9.17) is 0 Å². The zero-order chi connectivity index (χ0) is 20.7. The lowest BCUT2D eigenvalue weighted by Gasteiger charge is -2.26. The van der Waals surface area contributed by atoms with E-state index in [1.807, 2.05) is 18.8 Å². The molecule has 0 saturated carbocycles. The van der Waals surface area contributed by atoms with Crippen molar-refractivity contribution in [3.8, 4) is 0 Å². The third-order valence-corrected chi connectivity index (χ3v) is 5.29. The quantitative estimate of drug-likeness (QED) is 0.323. The Balaban J connectivity index is 0.00000420. The van der Waals surface area contributed by atoms with Crippen LogP contribution in [0.2, 0.25) is 0 Å². The van der Waals surface area contributed by atoms with Crippen molar-refractivity contribution in [3.63, 3.8) is 0 Å². The number of hydrogen-bond acceptors (Lipinski definition) is 3. The van der Waals surface area contributed by atoms with Crippen molar-refractivity contribution in [2.45, 2.75) is 47.1 Å². The maximum atomic E-state index is 4.51. The minimum atomic E-state index is 0. The summed E-state index contributed by atoms with van der Waals surface area (Å²) in [7, 11) is 3.82. The number of anilines is 1. The molecule has 1 atom stereocenters. The van der Waals surface area contributed by atoms with Gasteiger partial charge in [-0.1, -0.05) is 18.2 Å². The molecular formula is C22H37IN6.